The Kier molecular flexibility index (Phi) is 9.28. The van der Waals surface area contributed by atoms with Crippen molar-refractivity contribution in [3.05, 3.63) is 123 Å². The predicted molar refractivity (Wildman–Crippen MR) is 200 cm³/mol. The number of rotatable bonds is 7. The fourth-order valence-electron chi connectivity index (χ4n) is 5.86. The van der Waals surface area contributed by atoms with Gasteiger partial charge in [-0.3, -0.25) is 0 Å². The second kappa shape index (κ2) is 13.2. The normalized spacial score (nSPS) is 11.9. The van der Waals surface area contributed by atoms with Crippen LogP contribution in [0.1, 0.15) is 63.1 Å². The van der Waals surface area contributed by atoms with Crippen molar-refractivity contribution >= 4 is 65.9 Å². The van der Waals surface area contributed by atoms with Crippen molar-refractivity contribution < 1.29 is 31.7 Å². The third-order valence-corrected chi connectivity index (χ3v) is 10.9. The molecule has 0 N–H and O–H groups in total. The second-order valence-electron chi connectivity index (χ2n) is 13.2. The summed E-state index contributed by atoms with van der Waals surface area (Å²) in [7, 11) is -4.47. The average molecular weight is 727 g/mol. The first-order chi connectivity index (χ1) is 23.5. The minimum atomic E-state index is -4.47. The Hall–Kier alpha value is -4.70. The number of ether oxygens (including phenoxy) is 2. The summed E-state index contributed by atoms with van der Waals surface area (Å²) in [4.78, 5) is 27.1. The van der Waals surface area contributed by atoms with E-state index in [9.17, 15) is 18.0 Å². The molecule has 0 saturated heterocycles. The Labute approximate surface area is 300 Å². The molecule has 0 amide bonds. The number of aryl methyl sites for hydroxylation is 4. The van der Waals surface area contributed by atoms with Crippen molar-refractivity contribution in [2.24, 2.45) is 0 Å². The molecule has 0 aliphatic heterocycles. The SMILES string of the molecule is Cc1cc(-c2c3ccccc3cc3sc(C)c(C)c23)cc(C)c1OS(=O)(=O)c1ccc(C(=O)OC(C)(C)C)c(OC(=O)c2ccc(Cl)cc2)c1. The lowest BCUT2D eigenvalue weighted by molar-refractivity contribution is 0.00666. The molecule has 6 aromatic rings. The molecule has 0 bridgehead atoms. The number of hydrogen-bond acceptors (Lipinski definition) is 8. The van der Waals surface area contributed by atoms with Crippen molar-refractivity contribution in [2.75, 3.05) is 0 Å². The molecule has 256 valence electrons. The van der Waals surface area contributed by atoms with Gasteiger partial charge >= 0.3 is 22.1 Å². The molecule has 6 rings (SSSR count). The van der Waals surface area contributed by atoms with Crippen LogP contribution >= 0.6 is 22.9 Å². The van der Waals surface area contributed by atoms with E-state index in [0.717, 1.165) is 28.0 Å². The van der Waals surface area contributed by atoms with Crippen LogP contribution in [0.25, 0.3) is 32.0 Å². The molecule has 0 fully saturated rings. The van der Waals surface area contributed by atoms with Gasteiger partial charge < -0.3 is 13.7 Å². The van der Waals surface area contributed by atoms with Gasteiger partial charge in [0, 0.05) is 26.1 Å². The highest BCUT2D eigenvalue weighted by Crippen LogP contribution is 2.44. The minimum absolute atomic E-state index is 0.127. The summed E-state index contributed by atoms with van der Waals surface area (Å²) in [6, 6.07) is 23.9. The first-order valence-electron chi connectivity index (χ1n) is 15.8. The van der Waals surface area contributed by atoms with Crippen LogP contribution in [0.15, 0.2) is 89.8 Å². The van der Waals surface area contributed by atoms with Gasteiger partial charge in [-0.05, 0) is 142 Å². The van der Waals surface area contributed by atoms with Gasteiger partial charge in [-0.2, -0.15) is 8.42 Å². The highest BCUT2D eigenvalue weighted by molar-refractivity contribution is 7.87. The maximum absolute atomic E-state index is 13.8. The van der Waals surface area contributed by atoms with E-state index in [1.807, 2.05) is 24.3 Å². The largest absolute Gasteiger partial charge is 0.456 e. The average Bonchev–Trinajstić information content (AvgIpc) is 3.32. The zero-order chi connectivity index (χ0) is 36.1. The Balaban J connectivity index is 1.39. The predicted octanol–water partition coefficient (Wildman–Crippen LogP) is 10.6. The van der Waals surface area contributed by atoms with Crippen LogP contribution in [0.5, 0.6) is 11.5 Å². The Morgan fingerprint density at radius 3 is 2.12 bits per heavy atom. The maximum Gasteiger partial charge on any atom is 0.343 e. The maximum atomic E-state index is 13.8. The van der Waals surface area contributed by atoms with E-state index >= 15 is 0 Å². The highest BCUT2D eigenvalue weighted by Gasteiger charge is 2.27. The molecule has 0 aliphatic carbocycles. The zero-order valence-corrected chi connectivity index (χ0v) is 31.0. The Bertz CT molecular complexity index is 2410. The third-order valence-electron chi connectivity index (χ3n) is 8.26. The molecule has 1 heterocycles. The number of thiophene rings is 1. The van der Waals surface area contributed by atoms with Crippen molar-refractivity contribution in [1.29, 1.82) is 0 Å². The molecule has 1 aromatic heterocycles. The molecule has 0 radical (unpaired) electrons. The number of hydrogen-bond donors (Lipinski definition) is 0. The number of fused-ring (bicyclic) bond motifs is 2. The summed E-state index contributed by atoms with van der Waals surface area (Å²) in [6.45, 7) is 12.9. The van der Waals surface area contributed by atoms with Crippen molar-refractivity contribution in [2.45, 2.75) is 59.0 Å². The molecule has 5 aromatic carbocycles. The van der Waals surface area contributed by atoms with Crippen LogP contribution in [-0.4, -0.2) is 26.0 Å². The first kappa shape index (κ1) is 35.1. The van der Waals surface area contributed by atoms with Gasteiger partial charge in [0.15, 0.2) is 0 Å². The Morgan fingerprint density at radius 2 is 1.46 bits per heavy atom. The van der Waals surface area contributed by atoms with Gasteiger partial charge in [-0.15, -0.1) is 11.3 Å². The van der Waals surface area contributed by atoms with Crippen LogP contribution in [0, 0.1) is 27.7 Å². The molecule has 7 nitrogen and oxygen atoms in total. The van der Waals surface area contributed by atoms with Crippen LogP contribution in [0.3, 0.4) is 0 Å². The molecule has 0 spiro atoms. The number of esters is 2. The molecule has 0 atom stereocenters. The van der Waals surface area contributed by atoms with Gasteiger partial charge in [0.25, 0.3) is 0 Å². The van der Waals surface area contributed by atoms with Gasteiger partial charge in [-0.1, -0.05) is 35.9 Å². The van der Waals surface area contributed by atoms with Gasteiger partial charge in [0.2, 0.25) is 0 Å². The lowest BCUT2D eigenvalue weighted by Gasteiger charge is -2.21. The van der Waals surface area contributed by atoms with E-state index in [1.165, 1.54) is 56.9 Å². The number of carbonyl (C=O) groups is 2. The summed E-state index contributed by atoms with van der Waals surface area (Å²) < 4.78 is 45.7. The smallest absolute Gasteiger partial charge is 0.343 e. The molecule has 50 heavy (non-hydrogen) atoms. The standard InChI is InChI=1S/C40H35ClO7S2/c1-22-18-28(36-31-11-9-8-10-27(31)20-34-35(36)24(3)25(4)49-34)19-23(2)37(22)48-50(44,45)30-16-17-32(39(43)47-40(5,6)7)33(21-30)46-38(42)26-12-14-29(41)15-13-26/h8-21H,1-7H3. The van der Waals surface area contributed by atoms with Gasteiger partial charge in [-0.25, -0.2) is 9.59 Å². The summed E-state index contributed by atoms with van der Waals surface area (Å²) in [5.74, 6) is -1.72. The van der Waals surface area contributed by atoms with Crippen LogP contribution in [-0.2, 0) is 14.9 Å². The number of benzene rings is 5. The molecular formula is C40H35ClO7S2. The van der Waals surface area contributed by atoms with E-state index < -0.39 is 27.7 Å². The number of carbonyl (C=O) groups excluding carboxylic acids is 2. The van der Waals surface area contributed by atoms with Gasteiger partial charge in [0.1, 0.15) is 27.6 Å². The molecule has 0 saturated carbocycles. The van der Waals surface area contributed by atoms with E-state index in [-0.39, 0.29) is 27.5 Å². The fourth-order valence-corrected chi connectivity index (χ4v) is 8.18. The van der Waals surface area contributed by atoms with E-state index in [2.05, 4.69) is 32.0 Å². The zero-order valence-electron chi connectivity index (χ0n) is 28.6. The summed E-state index contributed by atoms with van der Waals surface area (Å²) in [5, 5.41) is 3.82. The van der Waals surface area contributed by atoms with E-state index in [4.69, 9.17) is 25.3 Å². The minimum Gasteiger partial charge on any atom is -0.456 e. The summed E-state index contributed by atoms with van der Waals surface area (Å²) >= 11 is 7.72. The monoisotopic (exact) mass is 726 g/mol. The third kappa shape index (κ3) is 6.99. The fraction of sp³-hybridized carbons (Fsp3) is 0.200. The topological polar surface area (TPSA) is 96.0 Å². The Morgan fingerprint density at radius 1 is 0.800 bits per heavy atom. The molecular weight excluding hydrogens is 692 g/mol. The quantitative estimate of drug-likeness (QED) is 0.0918. The van der Waals surface area contributed by atoms with E-state index in [0.29, 0.717) is 16.1 Å². The van der Waals surface area contributed by atoms with Crippen molar-refractivity contribution in [3.8, 4) is 22.6 Å². The lowest BCUT2D eigenvalue weighted by Crippen LogP contribution is -2.24. The number of halogens is 1. The van der Waals surface area contributed by atoms with Crippen LogP contribution in [0.2, 0.25) is 5.02 Å². The second-order valence-corrected chi connectivity index (χ2v) is 16.4. The first-order valence-corrected chi connectivity index (χ1v) is 18.5. The summed E-state index contributed by atoms with van der Waals surface area (Å²) in [6.07, 6.45) is 0. The lowest BCUT2D eigenvalue weighted by atomic mass is 9.91. The summed E-state index contributed by atoms with van der Waals surface area (Å²) in [5.41, 5.74) is 3.66. The van der Waals surface area contributed by atoms with Crippen molar-refractivity contribution in [3.63, 3.8) is 0 Å². The van der Waals surface area contributed by atoms with Gasteiger partial charge in [0.05, 0.1) is 5.56 Å². The van der Waals surface area contributed by atoms with Crippen molar-refractivity contribution in [1.82, 2.24) is 0 Å². The highest BCUT2D eigenvalue weighted by atomic mass is 35.5. The molecule has 0 aliphatic rings. The van der Waals surface area contributed by atoms with E-state index in [1.54, 1.807) is 46.0 Å². The molecule has 0 unspecified atom stereocenters. The van der Waals surface area contributed by atoms with Crippen LogP contribution < -0.4 is 8.92 Å². The molecule has 10 heteroatoms. The van der Waals surface area contributed by atoms with Crippen LogP contribution in [0.4, 0.5) is 0 Å².